The molecule has 4 nitrogen and oxygen atoms in total. The molecular weight excluding hydrogens is 352 g/mol. The zero-order valence-corrected chi connectivity index (χ0v) is 17.2. The lowest BCUT2D eigenvalue weighted by Gasteiger charge is -2.26. The van der Waals surface area contributed by atoms with Crippen LogP contribution in [0.3, 0.4) is 0 Å². The van der Waals surface area contributed by atoms with Gasteiger partial charge in [0.1, 0.15) is 18.8 Å². The predicted octanol–water partition coefficient (Wildman–Crippen LogP) is 4.82. The predicted molar refractivity (Wildman–Crippen MR) is 110 cm³/mol. The maximum absolute atomic E-state index is 5.75. The maximum atomic E-state index is 5.75. The summed E-state index contributed by atoms with van der Waals surface area (Å²) in [5, 5.41) is 0. The Bertz CT molecular complexity index is 633. The lowest BCUT2D eigenvalue weighted by Crippen LogP contribution is -2.31. The van der Waals surface area contributed by atoms with Crippen LogP contribution in [-0.2, 0) is 25.7 Å². The van der Waals surface area contributed by atoms with Gasteiger partial charge in [0.2, 0.25) is 0 Å². The van der Waals surface area contributed by atoms with Crippen LogP contribution in [0.4, 0.5) is 0 Å². The Morgan fingerprint density at radius 1 is 0.964 bits per heavy atom. The number of ether oxygens (including phenoxy) is 2. The SMILES string of the molecule is CC1CCC(Cc2ccc(/C=C/COO[C@H]3CO[C@H]4[C@@H]3OC[C@H]4C)cc2)CC1. The van der Waals surface area contributed by atoms with Gasteiger partial charge in [0.05, 0.1) is 19.3 Å². The molecule has 1 aromatic rings. The molecular formula is C24H34O4. The second-order valence-electron chi connectivity index (χ2n) is 8.97. The van der Waals surface area contributed by atoms with Crippen LogP contribution in [0.2, 0.25) is 0 Å². The number of hydrogen-bond donors (Lipinski definition) is 0. The Morgan fingerprint density at radius 2 is 1.71 bits per heavy atom. The van der Waals surface area contributed by atoms with Gasteiger partial charge in [0, 0.05) is 5.92 Å². The molecule has 1 aromatic carbocycles. The van der Waals surface area contributed by atoms with E-state index in [1.807, 2.05) is 6.08 Å². The second-order valence-corrected chi connectivity index (χ2v) is 8.97. The summed E-state index contributed by atoms with van der Waals surface area (Å²) in [6, 6.07) is 8.93. The van der Waals surface area contributed by atoms with E-state index in [2.05, 4.69) is 44.2 Å². The fraction of sp³-hybridized carbons (Fsp3) is 0.667. The molecule has 0 spiro atoms. The standard InChI is InChI=1S/C24H34O4/c1-17-5-7-20(8-6-17)14-21-11-9-19(10-12-21)4-3-13-27-28-22-16-26-23-18(2)15-25-24(22)23/h3-4,9-12,17-18,20,22-24H,5-8,13-16H2,1-2H3/b4-3+/t17?,18-,20?,22+,23-,24-/m1/s1. The Balaban J connectivity index is 1.16. The molecule has 0 N–H and O–H groups in total. The molecule has 2 saturated heterocycles. The Hall–Kier alpha value is -1.20. The van der Waals surface area contributed by atoms with Crippen LogP contribution < -0.4 is 0 Å². The molecule has 154 valence electrons. The fourth-order valence-electron chi connectivity index (χ4n) is 4.72. The first-order valence-electron chi connectivity index (χ1n) is 11.0. The van der Waals surface area contributed by atoms with Crippen LogP contribution in [0, 0.1) is 17.8 Å². The molecule has 0 bridgehead atoms. The quantitative estimate of drug-likeness (QED) is 0.382. The smallest absolute Gasteiger partial charge is 0.145 e. The molecule has 28 heavy (non-hydrogen) atoms. The van der Waals surface area contributed by atoms with Gasteiger partial charge in [-0.25, -0.2) is 9.78 Å². The van der Waals surface area contributed by atoms with Gasteiger partial charge in [-0.15, -0.1) is 0 Å². The van der Waals surface area contributed by atoms with Crippen LogP contribution in [0.5, 0.6) is 0 Å². The van der Waals surface area contributed by atoms with Crippen molar-refractivity contribution in [2.45, 2.75) is 64.3 Å². The minimum Gasteiger partial charge on any atom is -0.372 e. The molecule has 2 aliphatic heterocycles. The first-order valence-corrected chi connectivity index (χ1v) is 11.0. The van der Waals surface area contributed by atoms with Gasteiger partial charge in [-0.1, -0.05) is 63.1 Å². The van der Waals surface area contributed by atoms with E-state index in [9.17, 15) is 0 Å². The van der Waals surface area contributed by atoms with Crippen LogP contribution in [0.15, 0.2) is 30.3 Å². The molecule has 0 aromatic heterocycles. The third-order valence-electron chi connectivity index (χ3n) is 6.56. The zero-order valence-electron chi connectivity index (χ0n) is 17.2. The van der Waals surface area contributed by atoms with Crippen molar-refractivity contribution in [3.8, 4) is 0 Å². The van der Waals surface area contributed by atoms with Crippen molar-refractivity contribution in [1.82, 2.24) is 0 Å². The average Bonchev–Trinajstić information content (AvgIpc) is 3.28. The van der Waals surface area contributed by atoms with Gasteiger partial charge in [-0.3, -0.25) is 0 Å². The van der Waals surface area contributed by atoms with Crippen molar-refractivity contribution in [3.05, 3.63) is 41.5 Å². The molecule has 4 atom stereocenters. The first-order chi connectivity index (χ1) is 13.7. The molecule has 4 heteroatoms. The molecule has 1 aliphatic carbocycles. The fourth-order valence-corrected chi connectivity index (χ4v) is 4.72. The van der Waals surface area contributed by atoms with E-state index in [0.29, 0.717) is 19.1 Å². The van der Waals surface area contributed by atoms with Gasteiger partial charge in [-0.05, 0) is 42.2 Å². The normalized spacial score (nSPS) is 35.5. The molecule has 1 saturated carbocycles. The third-order valence-corrected chi connectivity index (χ3v) is 6.56. The van der Waals surface area contributed by atoms with Crippen molar-refractivity contribution >= 4 is 6.08 Å². The van der Waals surface area contributed by atoms with Crippen molar-refractivity contribution in [1.29, 1.82) is 0 Å². The molecule has 4 rings (SSSR count). The summed E-state index contributed by atoms with van der Waals surface area (Å²) in [4.78, 5) is 10.9. The van der Waals surface area contributed by atoms with Gasteiger partial charge < -0.3 is 9.47 Å². The lowest BCUT2D eigenvalue weighted by atomic mass is 9.80. The summed E-state index contributed by atoms with van der Waals surface area (Å²) in [5.74, 6) is 2.23. The van der Waals surface area contributed by atoms with E-state index in [0.717, 1.165) is 18.4 Å². The number of rotatable bonds is 7. The van der Waals surface area contributed by atoms with Gasteiger partial charge in [0.15, 0.2) is 0 Å². The number of hydrogen-bond acceptors (Lipinski definition) is 4. The highest BCUT2D eigenvalue weighted by Crippen LogP contribution is 2.32. The van der Waals surface area contributed by atoms with Crippen LogP contribution in [0.1, 0.15) is 50.7 Å². The first kappa shape index (κ1) is 20.1. The van der Waals surface area contributed by atoms with Crippen LogP contribution >= 0.6 is 0 Å². The second kappa shape index (κ2) is 9.53. The van der Waals surface area contributed by atoms with Crippen LogP contribution in [-0.4, -0.2) is 38.1 Å². The molecule has 3 aliphatic rings. The van der Waals surface area contributed by atoms with Crippen molar-refractivity contribution in [2.24, 2.45) is 17.8 Å². The molecule has 2 heterocycles. The van der Waals surface area contributed by atoms with E-state index in [1.54, 1.807) is 0 Å². The van der Waals surface area contributed by atoms with E-state index in [1.165, 1.54) is 43.2 Å². The highest BCUT2D eigenvalue weighted by molar-refractivity contribution is 5.49. The zero-order chi connectivity index (χ0) is 19.3. The van der Waals surface area contributed by atoms with Gasteiger partial charge in [0.25, 0.3) is 0 Å². The van der Waals surface area contributed by atoms with E-state index in [-0.39, 0.29) is 18.3 Å². The van der Waals surface area contributed by atoms with E-state index < -0.39 is 0 Å². The monoisotopic (exact) mass is 386 g/mol. The van der Waals surface area contributed by atoms with Crippen molar-refractivity contribution in [3.63, 3.8) is 0 Å². The Kier molecular flexibility index (Phi) is 6.84. The summed E-state index contributed by atoms with van der Waals surface area (Å²) < 4.78 is 11.5. The van der Waals surface area contributed by atoms with Gasteiger partial charge in [-0.2, -0.15) is 0 Å². The van der Waals surface area contributed by atoms with Crippen molar-refractivity contribution < 1.29 is 19.2 Å². The van der Waals surface area contributed by atoms with Gasteiger partial charge >= 0.3 is 0 Å². The molecule has 3 fully saturated rings. The minimum atomic E-state index is -0.120. The summed E-state index contributed by atoms with van der Waals surface area (Å²) in [5.41, 5.74) is 2.65. The molecule has 0 radical (unpaired) electrons. The topological polar surface area (TPSA) is 36.9 Å². The highest BCUT2D eigenvalue weighted by Gasteiger charge is 2.47. The average molecular weight is 387 g/mol. The largest absolute Gasteiger partial charge is 0.372 e. The lowest BCUT2D eigenvalue weighted by molar-refractivity contribution is -0.326. The van der Waals surface area contributed by atoms with Crippen molar-refractivity contribution in [2.75, 3.05) is 19.8 Å². The Labute approximate surface area is 169 Å². The molecule has 0 unspecified atom stereocenters. The summed E-state index contributed by atoms with van der Waals surface area (Å²) >= 11 is 0. The number of fused-ring (bicyclic) bond motifs is 1. The third kappa shape index (κ3) is 5.04. The molecule has 0 amide bonds. The van der Waals surface area contributed by atoms with E-state index >= 15 is 0 Å². The van der Waals surface area contributed by atoms with Crippen LogP contribution in [0.25, 0.3) is 6.08 Å². The van der Waals surface area contributed by atoms with E-state index in [4.69, 9.17) is 19.2 Å². The minimum absolute atomic E-state index is 0.0129. The maximum Gasteiger partial charge on any atom is 0.145 e. The summed E-state index contributed by atoms with van der Waals surface area (Å²) in [6.07, 6.45) is 10.9. The summed E-state index contributed by atoms with van der Waals surface area (Å²) in [7, 11) is 0. The number of benzene rings is 1. The Morgan fingerprint density at radius 3 is 2.50 bits per heavy atom. The summed E-state index contributed by atoms with van der Waals surface area (Å²) in [6.45, 7) is 6.24. The highest BCUT2D eigenvalue weighted by atomic mass is 17.2.